The van der Waals surface area contributed by atoms with Crippen molar-refractivity contribution in [1.82, 2.24) is 4.72 Å². The number of rotatable bonds is 3. The fourth-order valence-corrected chi connectivity index (χ4v) is 2.99. The Kier molecular flexibility index (Phi) is 4.25. The number of halogens is 1. The maximum absolute atomic E-state index is 13.8. The zero-order valence-electron chi connectivity index (χ0n) is 12.3. The van der Waals surface area contributed by atoms with E-state index in [9.17, 15) is 8.60 Å². The highest BCUT2D eigenvalue weighted by atomic mass is 32.2. The molecular weight excluding hydrogens is 273 g/mol. The second-order valence-electron chi connectivity index (χ2n) is 6.00. The Hall–Kier alpha value is -1.26. The van der Waals surface area contributed by atoms with Crippen LogP contribution < -0.4 is 4.72 Å². The highest BCUT2D eigenvalue weighted by molar-refractivity contribution is 7.84. The van der Waals surface area contributed by atoms with Crippen LogP contribution in [0.15, 0.2) is 36.4 Å². The van der Waals surface area contributed by atoms with E-state index in [2.05, 4.69) is 4.72 Å². The smallest absolute Gasteiger partial charge is 0.147 e. The lowest BCUT2D eigenvalue weighted by molar-refractivity contribution is 0.556. The number of fused-ring (bicyclic) bond motifs is 1. The van der Waals surface area contributed by atoms with Crippen molar-refractivity contribution >= 4 is 21.8 Å². The van der Waals surface area contributed by atoms with E-state index in [1.54, 1.807) is 12.1 Å². The molecule has 2 aromatic carbocycles. The van der Waals surface area contributed by atoms with E-state index in [-0.39, 0.29) is 16.6 Å². The van der Waals surface area contributed by atoms with E-state index in [0.29, 0.717) is 5.39 Å². The van der Waals surface area contributed by atoms with Crippen molar-refractivity contribution in [2.24, 2.45) is 0 Å². The molecule has 0 amide bonds. The standard InChI is InChI=1S/C16H20FNOS/c1-11(18-20(19)16(2,3)4)12-7-5-9-14-13(12)8-6-10-15(14)17/h5-11H,1-4H3,(H,18,19)/p+1. The van der Waals surface area contributed by atoms with Gasteiger partial charge in [-0.25, -0.2) is 4.39 Å². The van der Waals surface area contributed by atoms with Crippen LogP contribution in [0.2, 0.25) is 0 Å². The summed E-state index contributed by atoms with van der Waals surface area (Å²) in [6.45, 7) is 7.77. The van der Waals surface area contributed by atoms with Gasteiger partial charge in [0, 0.05) is 5.39 Å². The molecule has 0 bridgehead atoms. The molecule has 1 N–H and O–H groups in total. The van der Waals surface area contributed by atoms with Crippen LogP contribution in [-0.4, -0.2) is 4.75 Å². The average Bonchev–Trinajstić information content (AvgIpc) is 2.37. The van der Waals surface area contributed by atoms with Crippen LogP contribution in [0.4, 0.5) is 4.39 Å². The number of nitrogens with one attached hydrogen (secondary N) is 1. The van der Waals surface area contributed by atoms with Crippen molar-refractivity contribution in [1.29, 1.82) is 0 Å². The average molecular weight is 294 g/mol. The summed E-state index contributed by atoms with van der Waals surface area (Å²) >= 11 is 0. The first-order valence-electron chi connectivity index (χ1n) is 6.71. The maximum Gasteiger partial charge on any atom is 0.147 e. The van der Waals surface area contributed by atoms with Gasteiger partial charge in [0.1, 0.15) is 21.5 Å². The van der Waals surface area contributed by atoms with Gasteiger partial charge in [-0.1, -0.05) is 34.5 Å². The zero-order valence-corrected chi connectivity index (χ0v) is 13.2. The third kappa shape index (κ3) is 3.07. The summed E-state index contributed by atoms with van der Waals surface area (Å²) in [6.07, 6.45) is 0. The largest absolute Gasteiger partial charge is 0.206 e. The Morgan fingerprint density at radius 2 is 1.70 bits per heavy atom. The quantitative estimate of drug-likeness (QED) is 0.672. The molecule has 0 saturated carbocycles. The molecule has 108 valence electrons. The highest BCUT2D eigenvalue weighted by Crippen LogP contribution is 2.27. The Labute approximate surface area is 122 Å². The molecule has 0 aliphatic rings. The van der Waals surface area contributed by atoms with Gasteiger partial charge in [-0.2, -0.15) is 0 Å². The number of hydrogen-bond donors (Lipinski definition) is 1. The monoisotopic (exact) mass is 294 g/mol. The summed E-state index contributed by atoms with van der Waals surface area (Å²) in [6, 6.07) is 10.5. The van der Waals surface area contributed by atoms with Gasteiger partial charge in [-0.15, -0.1) is 4.72 Å². The van der Waals surface area contributed by atoms with Crippen LogP contribution in [0.1, 0.15) is 39.3 Å². The Balaban J connectivity index is 2.38. The molecule has 0 heterocycles. The SMILES string of the molecule is CC(N[SH+](=O)C(C)(C)C)c1cccc2c(F)cccc12. The fraction of sp³-hybridized carbons (Fsp3) is 0.375. The normalized spacial score (nSPS) is 15.2. The van der Waals surface area contributed by atoms with Crippen molar-refractivity contribution in [2.45, 2.75) is 38.5 Å². The van der Waals surface area contributed by atoms with Gasteiger partial charge in [0.2, 0.25) is 0 Å². The summed E-state index contributed by atoms with van der Waals surface area (Å²) in [5.74, 6) is -0.225. The van der Waals surface area contributed by atoms with Crippen molar-refractivity contribution in [3.63, 3.8) is 0 Å². The van der Waals surface area contributed by atoms with E-state index < -0.39 is 11.0 Å². The number of hydrogen-bond acceptors (Lipinski definition) is 1. The van der Waals surface area contributed by atoms with Crippen LogP contribution in [0.5, 0.6) is 0 Å². The van der Waals surface area contributed by atoms with Crippen molar-refractivity contribution in [3.8, 4) is 0 Å². The molecule has 4 heteroatoms. The molecule has 0 fully saturated rings. The first-order chi connectivity index (χ1) is 9.30. The molecule has 0 aliphatic heterocycles. The van der Waals surface area contributed by atoms with Crippen LogP contribution in [0.25, 0.3) is 10.8 Å². The molecule has 0 saturated heterocycles. The van der Waals surface area contributed by atoms with Crippen LogP contribution in [0, 0.1) is 5.82 Å². The summed E-state index contributed by atoms with van der Waals surface area (Å²) in [7, 11) is -1.54. The van der Waals surface area contributed by atoms with Gasteiger partial charge in [0.05, 0.1) is 6.04 Å². The second kappa shape index (κ2) is 5.62. The molecule has 2 rings (SSSR count). The molecule has 20 heavy (non-hydrogen) atoms. The summed E-state index contributed by atoms with van der Waals surface area (Å²) in [4.78, 5) is 0. The predicted octanol–water partition coefficient (Wildman–Crippen LogP) is 4.04. The van der Waals surface area contributed by atoms with E-state index in [1.807, 2.05) is 45.9 Å². The molecule has 0 spiro atoms. The molecule has 0 aromatic heterocycles. The first kappa shape index (κ1) is 15.1. The lowest BCUT2D eigenvalue weighted by Crippen LogP contribution is -2.34. The van der Waals surface area contributed by atoms with Gasteiger partial charge >= 0.3 is 0 Å². The number of thiol groups is 1. The third-order valence-electron chi connectivity index (χ3n) is 3.29. The molecular formula is C16H21FNOS+. The molecule has 2 aromatic rings. The highest BCUT2D eigenvalue weighted by Gasteiger charge is 2.28. The van der Waals surface area contributed by atoms with E-state index >= 15 is 0 Å². The van der Waals surface area contributed by atoms with Gasteiger partial charge in [-0.3, -0.25) is 0 Å². The minimum absolute atomic E-state index is 0.0941. The maximum atomic E-state index is 13.8. The van der Waals surface area contributed by atoms with Crippen LogP contribution in [0.3, 0.4) is 0 Å². The number of benzene rings is 2. The zero-order chi connectivity index (χ0) is 14.9. The van der Waals surface area contributed by atoms with Gasteiger partial charge < -0.3 is 0 Å². The van der Waals surface area contributed by atoms with Gasteiger partial charge in [-0.05, 0) is 44.7 Å². The van der Waals surface area contributed by atoms with E-state index in [1.165, 1.54) is 6.07 Å². The Morgan fingerprint density at radius 1 is 1.10 bits per heavy atom. The second-order valence-corrected chi connectivity index (χ2v) is 8.19. The fourth-order valence-electron chi connectivity index (χ4n) is 2.11. The van der Waals surface area contributed by atoms with Crippen LogP contribution >= 0.6 is 0 Å². The molecule has 2 nitrogen and oxygen atoms in total. The molecule has 2 atom stereocenters. The van der Waals surface area contributed by atoms with Gasteiger partial charge in [0.25, 0.3) is 0 Å². The first-order valence-corrected chi connectivity index (χ1v) is 7.97. The Morgan fingerprint density at radius 3 is 2.35 bits per heavy atom. The lowest BCUT2D eigenvalue weighted by Gasteiger charge is -2.18. The summed E-state index contributed by atoms with van der Waals surface area (Å²) in [5, 5.41) is 1.47. The summed E-state index contributed by atoms with van der Waals surface area (Å²) in [5.41, 5.74) is 0.967. The van der Waals surface area contributed by atoms with Crippen molar-refractivity contribution < 1.29 is 8.60 Å². The van der Waals surface area contributed by atoms with Crippen molar-refractivity contribution in [3.05, 3.63) is 47.8 Å². The third-order valence-corrected chi connectivity index (χ3v) is 5.13. The predicted molar refractivity (Wildman–Crippen MR) is 84.7 cm³/mol. The van der Waals surface area contributed by atoms with E-state index in [4.69, 9.17) is 0 Å². The van der Waals surface area contributed by atoms with Gasteiger partial charge in [0.15, 0.2) is 0 Å². The lowest BCUT2D eigenvalue weighted by atomic mass is 10.00. The van der Waals surface area contributed by atoms with E-state index in [0.717, 1.165) is 10.9 Å². The Bertz CT molecular complexity index is 648. The van der Waals surface area contributed by atoms with Crippen molar-refractivity contribution in [2.75, 3.05) is 0 Å². The topological polar surface area (TPSA) is 29.1 Å². The molecule has 0 aliphatic carbocycles. The molecule has 2 unspecified atom stereocenters. The minimum atomic E-state index is -1.54. The van der Waals surface area contributed by atoms with Crippen LogP contribution in [-0.2, 0) is 15.2 Å². The minimum Gasteiger partial charge on any atom is -0.206 e. The molecule has 0 radical (unpaired) electrons. The summed E-state index contributed by atoms with van der Waals surface area (Å²) < 4.78 is 28.9.